The van der Waals surface area contributed by atoms with E-state index in [2.05, 4.69) is 15.5 Å². The van der Waals surface area contributed by atoms with Gasteiger partial charge in [-0.25, -0.2) is 0 Å². The molecule has 8 nitrogen and oxygen atoms in total. The summed E-state index contributed by atoms with van der Waals surface area (Å²) >= 11 is 0. The lowest BCUT2D eigenvalue weighted by atomic mass is 9.91. The number of likely N-dealkylation sites (tertiary alicyclic amines) is 1. The van der Waals surface area contributed by atoms with Crippen LogP contribution < -0.4 is 5.32 Å². The Hall–Kier alpha value is -2.19. The number of aliphatic hydroxyl groups is 1. The minimum atomic E-state index is -0.494. The van der Waals surface area contributed by atoms with E-state index in [1.807, 2.05) is 56.3 Å². The molecule has 0 saturated carbocycles. The summed E-state index contributed by atoms with van der Waals surface area (Å²) in [4.78, 5) is 14.3. The van der Waals surface area contributed by atoms with Gasteiger partial charge in [0.05, 0.1) is 12.6 Å². The zero-order chi connectivity index (χ0) is 20.5. The van der Waals surface area contributed by atoms with Crippen molar-refractivity contribution >= 4 is 5.91 Å². The molecule has 2 atom stereocenters. The van der Waals surface area contributed by atoms with Crippen LogP contribution in [0.2, 0.25) is 0 Å². The molecule has 0 unspecified atom stereocenters. The Morgan fingerprint density at radius 3 is 2.71 bits per heavy atom. The first-order chi connectivity index (χ1) is 13.1. The lowest BCUT2D eigenvalue weighted by Crippen LogP contribution is -2.52. The van der Waals surface area contributed by atoms with Gasteiger partial charge < -0.3 is 19.4 Å². The van der Waals surface area contributed by atoms with Gasteiger partial charge in [-0.2, -0.15) is 0 Å². The summed E-state index contributed by atoms with van der Waals surface area (Å²) in [7, 11) is 1.96. The number of nitrogens with zero attached hydrogens (tertiary/aromatic N) is 4. The molecular formula is C20H31N5O3. The second-order valence-electron chi connectivity index (χ2n) is 9.01. The Morgan fingerprint density at radius 2 is 2.07 bits per heavy atom. The quantitative estimate of drug-likeness (QED) is 0.810. The van der Waals surface area contributed by atoms with E-state index >= 15 is 0 Å². The zero-order valence-electron chi connectivity index (χ0n) is 17.4. The first-order valence-corrected chi connectivity index (χ1v) is 9.75. The molecule has 2 aromatic heterocycles. The molecule has 1 amide bonds. The van der Waals surface area contributed by atoms with Crippen molar-refractivity contribution in [3.63, 3.8) is 0 Å². The van der Waals surface area contributed by atoms with Crippen molar-refractivity contribution in [1.29, 1.82) is 0 Å². The van der Waals surface area contributed by atoms with Gasteiger partial charge in [-0.3, -0.25) is 9.69 Å². The number of carbonyl (C=O) groups is 1. The van der Waals surface area contributed by atoms with Crippen LogP contribution in [0.25, 0.3) is 11.6 Å². The molecule has 0 aliphatic carbocycles. The molecule has 28 heavy (non-hydrogen) atoms. The SMILES string of the molecule is Cc1ccc(-c2nnc(CN3C[C@H](O)C[C@H](NC(=O)CC(C)(C)C)C3)o2)n1C. The highest BCUT2D eigenvalue weighted by atomic mass is 16.4. The maximum atomic E-state index is 12.2. The van der Waals surface area contributed by atoms with E-state index < -0.39 is 6.10 Å². The fourth-order valence-electron chi connectivity index (χ4n) is 3.60. The van der Waals surface area contributed by atoms with Gasteiger partial charge >= 0.3 is 0 Å². The summed E-state index contributed by atoms with van der Waals surface area (Å²) in [5.74, 6) is 1.01. The number of nitrogens with one attached hydrogen (secondary N) is 1. The molecule has 8 heteroatoms. The topological polar surface area (TPSA) is 96.4 Å². The maximum Gasteiger partial charge on any atom is 0.264 e. The number of rotatable bonds is 5. The van der Waals surface area contributed by atoms with Crippen LogP contribution in [0.15, 0.2) is 16.5 Å². The number of hydrogen-bond acceptors (Lipinski definition) is 6. The second-order valence-corrected chi connectivity index (χ2v) is 9.01. The van der Waals surface area contributed by atoms with Crippen molar-refractivity contribution in [2.45, 2.75) is 59.2 Å². The van der Waals surface area contributed by atoms with Gasteiger partial charge in [0.1, 0.15) is 5.69 Å². The third-order valence-electron chi connectivity index (χ3n) is 4.98. The molecular weight excluding hydrogens is 358 g/mol. The van der Waals surface area contributed by atoms with Crippen LogP contribution >= 0.6 is 0 Å². The van der Waals surface area contributed by atoms with E-state index in [1.54, 1.807) is 0 Å². The summed E-state index contributed by atoms with van der Waals surface area (Å²) in [5, 5.41) is 21.6. The highest BCUT2D eigenvalue weighted by Gasteiger charge is 2.29. The van der Waals surface area contributed by atoms with Crippen molar-refractivity contribution in [3.05, 3.63) is 23.7 Å². The van der Waals surface area contributed by atoms with Gasteiger partial charge in [-0.15, -0.1) is 10.2 Å². The predicted molar refractivity (Wildman–Crippen MR) is 105 cm³/mol. The molecule has 1 aliphatic heterocycles. The summed E-state index contributed by atoms with van der Waals surface area (Å²) in [5.41, 5.74) is 1.93. The third-order valence-corrected chi connectivity index (χ3v) is 4.98. The van der Waals surface area contributed by atoms with Crippen LogP contribution in [0.3, 0.4) is 0 Å². The Bertz CT molecular complexity index is 820. The number of aliphatic hydroxyl groups excluding tert-OH is 1. The molecule has 2 N–H and O–H groups in total. The minimum Gasteiger partial charge on any atom is -0.418 e. The molecule has 0 radical (unpaired) electrons. The number of amides is 1. The van der Waals surface area contributed by atoms with Crippen molar-refractivity contribution in [1.82, 2.24) is 25.0 Å². The standard InChI is InChI=1S/C20H31N5O3/c1-13-6-7-16(24(13)5)19-23-22-18(28-19)12-25-10-14(8-15(26)11-25)21-17(27)9-20(2,3)4/h6-7,14-15,26H,8-12H2,1-5H3,(H,21,27)/t14-,15+/m0/s1. The summed E-state index contributed by atoms with van der Waals surface area (Å²) < 4.78 is 7.83. The van der Waals surface area contributed by atoms with Crippen molar-refractivity contribution in [3.8, 4) is 11.6 Å². The number of aryl methyl sites for hydroxylation is 1. The summed E-state index contributed by atoms with van der Waals surface area (Å²) in [6.45, 7) is 9.74. The Labute approximate surface area is 165 Å². The molecule has 154 valence electrons. The smallest absolute Gasteiger partial charge is 0.264 e. The highest BCUT2D eigenvalue weighted by molar-refractivity contribution is 5.76. The molecule has 3 heterocycles. The summed E-state index contributed by atoms with van der Waals surface area (Å²) in [6.07, 6.45) is 0.527. The van der Waals surface area contributed by atoms with E-state index in [4.69, 9.17) is 4.42 Å². The lowest BCUT2D eigenvalue weighted by molar-refractivity contribution is -0.124. The van der Waals surface area contributed by atoms with Gasteiger partial charge in [-0.1, -0.05) is 20.8 Å². The monoisotopic (exact) mass is 389 g/mol. The van der Waals surface area contributed by atoms with Gasteiger partial charge in [0, 0.05) is 38.3 Å². The van der Waals surface area contributed by atoms with E-state index in [1.165, 1.54) is 0 Å². The lowest BCUT2D eigenvalue weighted by Gasteiger charge is -2.35. The molecule has 0 spiro atoms. The van der Waals surface area contributed by atoms with E-state index in [0.29, 0.717) is 44.3 Å². The zero-order valence-corrected chi connectivity index (χ0v) is 17.4. The molecule has 2 aromatic rings. The fraction of sp³-hybridized carbons (Fsp3) is 0.650. The number of hydrogen-bond donors (Lipinski definition) is 2. The Balaban J connectivity index is 1.61. The number of piperidine rings is 1. The normalized spacial score (nSPS) is 21.1. The first-order valence-electron chi connectivity index (χ1n) is 9.75. The number of carbonyl (C=O) groups excluding carboxylic acids is 1. The maximum absolute atomic E-state index is 12.2. The molecule has 0 bridgehead atoms. The molecule has 1 aliphatic rings. The van der Waals surface area contributed by atoms with Gasteiger partial charge in [0.2, 0.25) is 11.8 Å². The Morgan fingerprint density at radius 1 is 1.32 bits per heavy atom. The van der Waals surface area contributed by atoms with Crippen LogP contribution in [-0.4, -0.2) is 55.9 Å². The first kappa shape index (κ1) is 20.5. The van der Waals surface area contributed by atoms with E-state index in [9.17, 15) is 9.90 Å². The van der Waals surface area contributed by atoms with Gasteiger partial charge in [0.15, 0.2) is 0 Å². The van der Waals surface area contributed by atoms with Crippen molar-refractivity contribution < 1.29 is 14.3 Å². The van der Waals surface area contributed by atoms with Crippen LogP contribution in [0.1, 0.15) is 45.2 Å². The molecule has 1 saturated heterocycles. The summed E-state index contributed by atoms with van der Waals surface area (Å²) in [6, 6.07) is 3.87. The minimum absolute atomic E-state index is 0.0192. The third kappa shape index (κ3) is 5.20. The number of β-amino-alcohol motifs (C(OH)–C–C–N with tert-alkyl or cyclic N) is 1. The number of aromatic nitrogens is 3. The highest BCUT2D eigenvalue weighted by Crippen LogP contribution is 2.22. The van der Waals surface area contributed by atoms with Crippen molar-refractivity contribution in [2.75, 3.05) is 13.1 Å². The fourth-order valence-corrected chi connectivity index (χ4v) is 3.60. The molecule has 3 rings (SSSR count). The average molecular weight is 390 g/mol. The van der Waals surface area contributed by atoms with Gasteiger partial charge in [0.25, 0.3) is 5.89 Å². The average Bonchev–Trinajstić information content (AvgIpc) is 3.12. The van der Waals surface area contributed by atoms with Crippen LogP contribution in [-0.2, 0) is 18.4 Å². The predicted octanol–water partition coefficient (Wildman–Crippen LogP) is 1.87. The largest absolute Gasteiger partial charge is 0.418 e. The Kier molecular flexibility index (Phi) is 5.90. The van der Waals surface area contributed by atoms with Crippen LogP contribution in [0.4, 0.5) is 0 Å². The van der Waals surface area contributed by atoms with E-state index in [-0.39, 0.29) is 17.4 Å². The van der Waals surface area contributed by atoms with Crippen LogP contribution in [0, 0.1) is 12.3 Å². The van der Waals surface area contributed by atoms with E-state index in [0.717, 1.165) is 11.4 Å². The second kappa shape index (κ2) is 8.05. The van der Waals surface area contributed by atoms with Crippen molar-refractivity contribution in [2.24, 2.45) is 12.5 Å². The molecule has 1 fully saturated rings. The van der Waals surface area contributed by atoms with Gasteiger partial charge in [-0.05, 0) is 30.9 Å². The molecule has 0 aromatic carbocycles. The van der Waals surface area contributed by atoms with Crippen LogP contribution in [0.5, 0.6) is 0 Å².